The Hall–Kier alpha value is -2.62. The van der Waals surface area contributed by atoms with Gasteiger partial charge in [0.15, 0.2) is 0 Å². The van der Waals surface area contributed by atoms with Crippen LogP contribution < -0.4 is 0 Å². The number of carboxylic acid groups (broad SMARTS) is 1. The second kappa shape index (κ2) is 7.30. The lowest BCUT2D eigenvalue weighted by atomic mass is 10.00. The van der Waals surface area contributed by atoms with Crippen molar-refractivity contribution >= 4 is 16.9 Å². The van der Waals surface area contributed by atoms with Gasteiger partial charge in [-0.2, -0.15) is 0 Å². The average molecular weight is 322 g/mol. The highest BCUT2D eigenvalue weighted by Gasteiger charge is 2.16. The summed E-state index contributed by atoms with van der Waals surface area (Å²) >= 11 is 0. The van der Waals surface area contributed by atoms with Crippen LogP contribution in [0.3, 0.4) is 0 Å². The molecular weight excluding hydrogens is 300 g/mol. The van der Waals surface area contributed by atoms with Crippen molar-refractivity contribution in [2.75, 3.05) is 0 Å². The molecule has 24 heavy (non-hydrogen) atoms. The van der Waals surface area contributed by atoms with Crippen LogP contribution in [0.4, 0.5) is 0 Å². The molecule has 0 amide bonds. The van der Waals surface area contributed by atoms with Gasteiger partial charge in [0.2, 0.25) is 0 Å². The molecule has 0 aliphatic carbocycles. The van der Waals surface area contributed by atoms with E-state index in [0.29, 0.717) is 0 Å². The topological polar surface area (TPSA) is 55.1 Å². The number of unbranched alkanes of at least 4 members (excludes halogenated alkanes) is 2. The summed E-state index contributed by atoms with van der Waals surface area (Å²) in [5.41, 5.74) is 4.88. The highest BCUT2D eigenvalue weighted by atomic mass is 16.4. The molecular formula is C20H22N2O2. The Balaban J connectivity index is 1.91. The van der Waals surface area contributed by atoms with Crippen LogP contribution in [0.25, 0.3) is 22.2 Å². The number of para-hydroxylation sites is 1. The summed E-state index contributed by atoms with van der Waals surface area (Å²) in [7, 11) is 2.10. The third-order valence-corrected chi connectivity index (χ3v) is 4.46. The van der Waals surface area contributed by atoms with Gasteiger partial charge in [-0.05, 0) is 43.0 Å². The number of aryl methyl sites for hydroxylation is 2. The number of aromatic nitrogens is 2. The molecule has 0 spiro atoms. The van der Waals surface area contributed by atoms with E-state index >= 15 is 0 Å². The Morgan fingerprint density at radius 3 is 2.71 bits per heavy atom. The molecule has 124 valence electrons. The number of fused-ring (bicyclic) bond motifs is 1. The molecule has 2 heterocycles. The highest BCUT2D eigenvalue weighted by Crippen LogP contribution is 2.33. The van der Waals surface area contributed by atoms with Gasteiger partial charge in [-0.15, -0.1) is 0 Å². The van der Waals surface area contributed by atoms with Crippen molar-refractivity contribution in [3.63, 3.8) is 0 Å². The molecule has 1 N–H and O–H groups in total. The Bertz CT molecular complexity index is 837. The van der Waals surface area contributed by atoms with E-state index in [1.54, 1.807) is 6.20 Å². The van der Waals surface area contributed by atoms with Gasteiger partial charge in [0, 0.05) is 42.3 Å². The predicted octanol–water partition coefficient (Wildman–Crippen LogP) is 4.43. The SMILES string of the molecule is Cn1c(-c2cccnc2)c(CCCCCC(=O)O)c2ccccc21. The third-order valence-electron chi connectivity index (χ3n) is 4.46. The van der Waals surface area contributed by atoms with Crippen LogP contribution in [0.1, 0.15) is 31.2 Å². The van der Waals surface area contributed by atoms with Crippen LogP contribution in [0.5, 0.6) is 0 Å². The van der Waals surface area contributed by atoms with Gasteiger partial charge >= 0.3 is 5.97 Å². The summed E-state index contributed by atoms with van der Waals surface area (Å²) in [4.78, 5) is 14.9. The summed E-state index contributed by atoms with van der Waals surface area (Å²) < 4.78 is 2.24. The maximum absolute atomic E-state index is 10.6. The lowest BCUT2D eigenvalue weighted by Gasteiger charge is -2.08. The Kier molecular flexibility index (Phi) is 4.94. The molecule has 3 rings (SSSR count). The largest absolute Gasteiger partial charge is 0.481 e. The molecule has 4 heteroatoms. The van der Waals surface area contributed by atoms with Gasteiger partial charge in [0.1, 0.15) is 0 Å². The van der Waals surface area contributed by atoms with Crippen LogP contribution in [0, 0.1) is 0 Å². The molecule has 0 atom stereocenters. The van der Waals surface area contributed by atoms with Crippen molar-refractivity contribution in [3.05, 3.63) is 54.4 Å². The van der Waals surface area contributed by atoms with Crippen molar-refractivity contribution in [3.8, 4) is 11.3 Å². The van der Waals surface area contributed by atoms with Crippen molar-refractivity contribution in [2.45, 2.75) is 32.1 Å². The lowest BCUT2D eigenvalue weighted by molar-refractivity contribution is -0.137. The van der Waals surface area contributed by atoms with Crippen molar-refractivity contribution in [1.29, 1.82) is 0 Å². The molecule has 0 aliphatic rings. The Labute approximate surface area is 141 Å². The van der Waals surface area contributed by atoms with Crippen molar-refractivity contribution in [1.82, 2.24) is 9.55 Å². The number of hydrogen-bond donors (Lipinski definition) is 1. The maximum atomic E-state index is 10.6. The fraction of sp³-hybridized carbons (Fsp3) is 0.300. The molecule has 0 aliphatic heterocycles. The summed E-state index contributed by atoms with van der Waals surface area (Å²) in [5.74, 6) is -0.712. The molecule has 0 bridgehead atoms. The first-order valence-electron chi connectivity index (χ1n) is 8.37. The quantitative estimate of drug-likeness (QED) is 0.655. The zero-order valence-corrected chi connectivity index (χ0v) is 13.9. The third kappa shape index (κ3) is 3.32. The number of hydrogen-bond acceptors (Lipinski definition) is 2. The molecule has 0 saturated carbocycles. The molecule has 0 radical (unpaired) electrons. The molecule has 0 fully saturated rings. The van der Waals surface area contributed by atoms with E-state index in [-0.39, 0.29) is 6.42 Å². The zero-order valence-electron chi connectivity index (χ0n) is 13.9. The maximum Gasteiger partial charge on any atom is 0.303 e. The second-order valence-electron chi connectivity index (χ2n) is 6.10. The van der Waals surface area contributed by atoms with Gasteiger partial charge in [-0.3, -0.25) is 9.78 Å². The van der Waals surface area contributed by atoms with Crippen LogP contribution in [-0.2, 0) is 18.3 Å². The number of nitrogens with zero attached hydrogens (tertiary/aromatic N) is 2. The minimum absolute atomic E-state index is 0.255. The number of rotatable bonds is 7. The predicted molar refractivity (Wildman–Crippen MR) is 96.0 cm³/mol. The van der Waals surface area contributed by atoms with Crippen LogP contribution >= 0.6 is 0 Å². The first-order chi connectivity index (χ1) is 11.7. The van der Waals surface area contributed by atoms with E-state index < -0.39 is 5.97 Å². The second-order valence-corrected chi connectivity index (χ2v) is 6.10. The van der Waals surface area contributed by atoms with E-state index in [0.717, 1.165) is 31.2 Å². The summed E-state index contributed by atoms with van der Waals surface area (Å²) in [5, 5.41) is 10.0. The van der Waals surface area contributed by atoms with E-state index in [4.69, 9.17) is 5.11 Å². The Morgan fingerprint density at radius 1 is 1.12 bits per heavy atom. The van der Waals surface area contributed by atoms with Crippen molar-refractivity contribution < 1.29 is 9.90 Å². The van der Waals surface area contributed by atoms with Gasteiger partial charge in [-0.1, -0.05) is 24.6 Å². The monoisotopic (exact) mass is 322 g/mol. The molecule has 2 aromatic heterocycles. The average Bonchev–Trinajstić information content (AvgIpc) is 2.88. The van der Waals surface area contributed by atoms with E-state index in [1.165, 1.54) is 22.2 Å². The van der Waals surface area contributed by atoms with E-state index in [1.807, 2.05) is 12.3 Å². The molecule has 3 aromatic rings. The van der Waals surface area contributed by atoms with Crippen LogP contribution in [-0.4, -0.2) is 20.6 Å². The zero-order chi connectivity index (χ0) is 16.9. The van der Waals surface area contributed by atoms with Gasteiger partial charge in [-0.25, -0.2) is 0 Å². The normalized spacial score (nSPS) is 11.0. The first-order valence-corrected chi connectivity index (χ1v) is 8.37. The highest BCUT2D eigenvalue weighted by molar-refractivity contribution is 5.91. The van der Waals surface area contributed by atoms with E-state index in [2.05, 4.69) is 46.9 Å². The van der Waals surface area contributed by atoms with E-state index in [9.17, 15) is 4.79 Å². The number of carbonyl (C=O) groups is 1. The number of aliphatic carboxylic acids is 1. The molecule has 4 nitrogen and oxygen atoms in total. The number of pyridine rings is 1. The number of benzene rings is 1. The summed E-state index contributed by atoms with van der Waals surface area (Å²) in [6.45, 7) is 0. The summed E-state index contributed by atoms with van der Waals surface area (Å²) in [6.07, 6.45) is 7.56. The van der Waals surface area contributed by atoms with Crippen LogP contribution in [0.15, 0.2) is 48.8 Å². The first kappa shape index (κ1) is 16.2. The minimum atomic E-state index is -0.712. The molecule has 1 aromatic carbocycles. The van der Waals surface area contributed by atoms with Crippen molar-refractivity contribution in [2.24, 2.45) is 7.05 Å². The van der Waals surface area contributed by atoms with Gasteiger partial charge in [0.25, 0.3) is 0 Å². The lowest BCUT2D eigenvalue weighted by Crippen LogP contribution is -1.96. The fourth-order valence-corrected chi connectivity index (χ4v) is 3.35. The molecule has 0 saturated heterocycles. The summed E-state index contributed by atoms with van der Waals surface area (Å²) in [6, 6.07) is 12.5. The number of carboxylic acids is 1. The molecule has 0 unspecified atom stereocenters. The van der Waals surface area contributed by atoms with Gasteiger partial charge in [0.05, 0.1) is 5.69 Å². The Morgan fingerprint density at radius 2 is 1.96 bits per heavy atom. The van der Waals surface area contributed by atoms with Gasteiger partial charge < -0.3 is 9.67 Å². The minimum Gasteiger partial charge on any atom is -0.481 e. The van der Waals surface area contributed by atoms with Crippen LogP contribution in [0.2, 0.25) is 0 Å². The standard InChI is InChI=1S/C20H22N2O2/c1-22-18-11-6-5-9-16(18)17(10-3-2-4-12-19(23)24)20(22)15-8-7-13-21-14-15/h5-9,11,13-14H,2-4,10,12H2,1H3,(H,23,24). The smallest absolute Gasteiger partial charge is 0.303 e. The fourth-order valence-electron chi connectivity index (χ4n) is 3.35.